The molecule has 3 aromatic rings. The maximum absolute atomic E-state index is 11.5. The third-order valence-electron chi connectivity index (χ3n) is 3.99. The van der Waals surface area contributed by atoms with Gasteiger partial charge in [-0.05, 0) is 35.4 Å². The lowest BCUT2D eigenvalue weighted by Crippen LogP contribution is -2.05. The third kappa shape index (κ3) is 4.24. The predicted octanol–water partition coefficient (Wildman–Crippen LogP) is 3.24. The maximum Gasteiger partial charge on any atom is 0.337 e. The topological polar surface area (TPSA) is 112 Å². The zero-order valence-corrected chi connectivity index (χ0v) is 15.4. The van der Waals surface area contributed by atoms with E-state index in [1.165, 1.54) is 26.8 Å². The molecule has 0 saturated heterocycles. The molecule has 0 unspecified atom stereocenters. The van der Waals surface area contributed by atoms with Gasteiger partial charge in [-0.15, -0.1) is 0 Å². The summed E-state index contributed by atoms with van der Waals surface area (Å²) in [7, 11) is 2.81. The van der Waals surface area contributed by atoms with Gasteiger partial charge in [-0.2, -0.15) is 0 Å². The Balaban J connectivity index is 1.79. The number of nitrogens with two attached hydrogens (primary N) is 1. The Morgan fingerprint density at radius 3 is 2.29 bits per heavy atom. The molecule has 8 heteroatoms. The Labute approximate surface area is 162 Å². The molecule has 1 heterocycles. The van der Waals surface area contributed by atoms with Gasteiger partial charge in [0.05, 0.1) is 24.5 Å². The summed E-state index contributed by atoms with van der Waals surface area (Å²) in [6.07, 6.45) is 2.83. The van der Waals surface area contributed by atoms with Crippen molar-refractivity contribution < 1.29 is 14.4 Å². The number of carbonyl (C=O) groups excluding carboxylic acids is 1. The van der Waals surface area contributed by atoms with Gasteiger partial charge in [-0.25, -0.2) is 14.8 Å². The van der Waals surface area contributed by atoms with Crippen molar-refractivity contribution >= 4 is 29.5 Å². The zero-order chi connectivity index (χ0) is 19.9. The molecule has 0 aliphatic heterocycles. The number of anilines is 3. The molecule has 0 saturated carbocycles. The first-order valence-corrected chi connectivity index (χ1v) is 8.35. The van der Waals surface area contributed by atoms with E-state index in [1.807, 2.05) is 36.4 Å². The molecular weight excluding hydrogens is 358 g/mol. The second-order valence-corrected chi connectivity index (χ2v) is 5.71. The number of oxime groups is 1. The van der Waals surface area contributed by atoms with E-state index in [1.54, 1.807) is 12.1 Å². The van der Waals surface area contributed by atoms with E-state index in [2.05, 4.69) is 20.4 Å². The number of nitrogen functional groups attached to an aromatic ring is 1. The molecule has 0 atom stereocenters. The Hall–Kier alpha value is -3.94. The normalized spacial score (nSPS) is 10.6. The van der Waals surface area contributed by atoms with Crippen LogP contribution in [0.3, 0.4) is 0 Å². The van der Waals surface area contributed by atoms with Crippen LogP contribution in [0.15, 0.2) is 60.0 Å². The van der Waals surface area contributed by atoms with Crippen LogP contribution in [0.1, 0.15) is 15.9 Å². The number of methoxy groups -OCH3 is 1. The summed E-state index contributed by atoms with van der Waals surface area (Å²) in [5.74, 6) is 0.451. The van der Waals surface area contributed by atoms with Crippen LogP contribution in [0.4, 0.5) is 17.3 Å². The number of nitrogens with zero attached hydrogens (tertiary/aromatic N) is 3. The van der Waals surface area contributed by atoms with E-state index in [9.17, 15) is 4.79 Å². The van der Waals surface area contributed by atoms with Gasteiger partial charge in [0.1, 0.15) is 25.1 Å². The standard InChI is InChI=1S/C20H19N5O3/c1-27-20(26)15-5-3-13(4-6-15)14-7-9-16(10-8-14)25-19-17(11-24-28-2)18(21)22-12-23-19/h3-12H,1-2H3,(H3,21,22,23,25)/b24-11+. The molecule has 2 aromatic carbocycles. The lowest BCUT2D eigenvalue weighted by molar-refractivity contribution is 0.0601. The molecule has 28 heavy (non-hydrogen) atoms. The predicted molar refractivity (Wildman–Crippen MR) is 108 cm³/mol. The summed E-state index contributed by atoms with van der Waals surface area (Å²) in [6.45, 7) is 0. The van der Waals surface area contributed by atoms with Crippen molar-refractivity contribution in [3.63, 3.8) is 0 Å². The lowest BCUT2D eigenvalue weighted by Gasteiger charge is -2.10. The van der Waals surface area contributed by atoms with E-state index in [4.69, 9.17) is 15.3 Å². The van der Waals surface area contributed by atoms with Crippen molar-refractivity contribution in [3.05, 3.63) is 66.0 Å². The monoisotopic (exact) mass is 377 g/mol. The average molecular weight is 377 g/mol. The molecule has 3 N–H and O–H groups in total. The van der Waals surface area contributed by atoms with Crippen LogP contribution in [0, 0.1) is 0 Å². The van der Waals surface area contributed by atoms with Gasteiger partial charge in [0.2, 0.25) is 0 Å². The van der Waals surface area contributed by atoms with E-state index in [0.29, 0.717) is 22.8 Å². The molecule has 0 radical (unpaired) electrons. The van der Waals surface area contributed by atoms with Gasteiger partial charge in [0.15, 0.2) is 0 Å². The van der Waals surface area contributed by atoms with Crippen molar-refractivity contribution in [1.29, 1.82) is 0 Å². The molecule has 3 rings (SSSR count). The minimum Gasteiger partial charge on any atom is -0.465 e. The SMILES string of the molecule is CO/N=C/c1c(N)ncnc1Nc1ccc(-c2ccc(C(=O)OC)cc2)cc1. The number of rotatable bonds is 6. The molecule has 0 aliphatic rings. The van der Waals surface area contributed by atoms with Gasteiger partial charge in [-0.3, -0.25) is 0 Å². The molecule has 0 bridgehead atoms. The Kier molecular flexibility index (Phi) is 5.81. The molecule has 1 aromatic heterocycles. The van der Waals surface area contributed by atoms with Gasteiger partial charge < -0.3 is 20.6 Å². The second-order valence-electron chi connectivity index (χ2n) is 5.71. The van der Waals surface area contributed by atoms with Crippen LogP contribution < -0.4 is 11.1 Å². The smallest absolute Gasteiger partial charge is 0.337 e. The number of nitrogens with one attached hydrogen (secondary N) is 1. The van der Waals surface area contributed by atoms with Gasteiger partial charge in [0.25, 0.3) is 0 Å². The van der Waals surface area contributed by atoms with Crippen LogP contribution in [0.2, 0.25) is 0 Å². The first-order chi connectivity index (χ1) is 13.6. The first kappa shape index (κ1) is 18.8. The van der Waals surface area contributed by atoms with Gasteiger partial charge >= 0.3 is 5.97 Å². The molecule has 0 spiro atoms. The number of esters is 1. The lowest BCUT2D eigenvalue weighted by atomic mass is 10.0. The van der Waals surface area contributed by atoms with E-state index >= 15 is 0 Å². The quantitative estimate of drug-likeness (QED) is 0.385. The van der Waals surface area contributed by atoms with Crippen LogP contribution >= 0.6 is 0 Å². The minimum atomic E-state index is -0.358. The maximum atomic E-state index is 11.5. The first-order valence-electron chi connectivity index (χ1n) is 8.35. The number of aromatic nitrogens is 2. The highest BCUT2D eigenvalue weighted by Gasteiger charge is 2.09. The second kappa shape index (κ2) is 8.63. The number of ether oxygens (including phenoxy) is 1. The van der Waals surface area contributed by atoms with Crippen molar-refractivity contribution in [2.24, 2.45) is 5.16 Å². The minimum absolute atomic E-state index is 0.292. The molecular formula is C20H19N5O3. The fraction of sp³-hybridized carbons (Fsp3) is 0.100. The number of hydrogen-bond acceptors (Lipinski definition) is 8. The fourth-order valence-electron chi connectivity index (χ4n) is 2.54. The zero-order valence-electron chi connectivity index (χ0n) is 15.4. The fourth-order valence-corrected chi connectivity index (χ4v) is 2.54. The highest BCUT2D eigenvalue weighted by Crippen LogP contribution is 2.25. The Morgan fingerprint density at radius 1 is 1.04 bits per heavy atom. The van der Waals surface area contributed by atoms with Gasteiger partial charge in [-0.1, -0.05) is 29.4 Å². The molecule has 0 amide bonds. The summed E-state index contributed by atoms with van der Waals surface area (Å²) in [6, 6.07) is 15.0. The van der Waals surface area contributed by atoms with Crippen molar-refractivity contribution in [2.45, 2.75) is 0 Å². The molecule has 8 nitrogen and oxygen atoms in total. The summed E-state index contributed by atoms with van der Waals surface area (Å²) in [5.41, 5.74) is 9.74. The summed E-state index contributed by atoms with van der Waals surface area (Å²) < 4.78 is 4.71. The summed E-state index contributed by atoms with van der Waals surface area (Å²) in [4.78, 5) is 24.4. The summed E-state index contributed by atoms with van der Waals surface area (Å²) >= 11 is 0. The highest BCUT2D eigenvalue weighted by atomic mass is 16.6. The highest BCUT2D eigenvalue weighted by molar-refractivity contribution is 5.92. The van der Waals surface area contributed by atoms with Crippen LogP contribution in [0.25, 0.3) is 11.1 Å². The van der Waals surface area contributed by atoms with Gasteiger partial charge in [0, 0.05) is 5.69 Å². The number of benzene rings is 2. The van der Waals surface area contributed by atoms with E-state index in [0.717, 1.165) is 16.8 Å². The molecule has 0 aliphatic carbocycles. The summed E-state index contributed by atoms with van der Waals surface area (Å²) in [5, 5.41) is 6.92. The van der Waals surface area contributed by atoms with Crippen LogP contribution in [-0.2, 0) is 9.57 Å². The van der Waals surface area contributed by atoms with Crippen molar-refractivity contribution in [3.8, 4) is 11.1 Å². The largest absolute Gasteiger partial charge is 0.465 e. The van der Waals surface area contributed by atoms with Crippen molar-refractivity contribution in [1.82, 2.24) is 9.97 Å². The van der Waals surface area contributed by atoms with Crippen molar-refractivity contribution in [2.75, 3.05) is 25.3 Å². The average Bonchev–Trinajstić information content (AvgIpc) is 2.73. The van der Waals surface area contributed by atoms with E-state index in [-0.39, 0.29) is 5.97 Å². The number of hydrogen-bond donors (Lipinski definition) is 2. The third-order valence-corrected chi connectivity index (χ3v) is 3.99. The van der Waals surface area contributed by atoms with Crippen LogP contribution in [0.5, 0.6) is 0 Å². The molecule has 142 valence electrons. The Morgan fingerprint density at radius 2 is 1.68 bits per heavy atom. The number of carbonyl (C=O) groups is 1. The van der Waals surface area contributed by atoms with Crippen LogP contribution in [-0.4, -0.2) is 36.4 Å². The Bertz CT molecular complexity index is 986. The molecule has 0 fully saturated rings. The van der Waals surface area contributed by atoms with E-state index < -0.39 is 0 Å².